The van der Waals surface area contributed by atoms with Gasteiger partial charge in [0, 0.05) is 11.6 Å². The van der Waals surface area contributed by atoms with Gasteiger partial charge < -0.3 is 5.32 Å². The average molecular weight is 332 g/mol. The van der Waals surface area contributed by atoms with Crippen molar-refractivity contribution in [1.29, 1.82) is 0 Å². The number of hydrogen-bond acceptors (Lipinski definition) is 2. The summed E-state index contributed by atoms with van der Waals surface area (Å²) in [7, 11) is 0. The lowest BCUT2D eigenvalue weighted by atomic mass is 10.0. The van der Waals surface area contributed by atoms with E-state index in [1.54, 1.807) is 12.1 Å². The molecule has 1 atom stereocenters. The van der Waals surface area contributed by atoms with Gasteiger partial charge in [0.1, 0.15) is 5.82 Å². The van der Waals surface area contributed by atoms with Gasteiger partial charge in [0.15, 0.2) is 0 Å². The predicted molar refractivity (Wildman–Crippen MR) is 85.5 cm³/mol. The monoisotopic (exact) mass is 331 g/mol. The Kier molecular flexibility index (Phi) is 5.85. The molecule has 0 bridgehead atoms. The fourth-order valence-electron chi connectivity index (χ4n) is 2.09. The molecule has 20 heavy (non-hydrogen) atoms. The largest absolute Gasteiger partial charge is 0.310 e. The van der Waals surface area contributed by atoms with Crippen molar-refractivity contribution in [2.24, 2.45) is 0 Å². The van der Waals surface area contributed by atoms with E-state index >= 15 is 0 Å². The molecule has 1 heterocycles. The molecule has 0 aliphatic rings. The zero-order chi connectivity index (χ0) is 14.5. The van der Waals surface area contributed by atoms with Gasteiger partial charge in [-0.3, -0.25) is 0 Å². The maximum Gasteiger partial charge on any atom is 0.126 e. The van der Waals surface area contributed by atoms with E-state index in [1.807, 2.05) is 12.1 Å². The van der Waals surface area contributed by atoms with Crippen LogP contribution in [0.5, 0.6) is 0 Å². The van der Waals surface area contributed by atoms with Crippen LogP contribution < -0.4 is 5.32 Å². The minimum atomic E-state index is -0.187. The van der Waals surface area contributed by atoms with Crippen molar-refractivity contribution < 1.29 is 4.39 Å². The topological polar surface area (TPSA) is 12.0 Å². The van der Waals surface area contributed by atoms with Crippen molar-refractivity contribution in [2.75, 3.05) is 6.54 Å². The molecule has 0 radical (unpaired) electrons. The lowest BCUT2D eigenvalue weighted by Crippen LogP contribution is -2.24. The number of rotatable bonds is 6. The van der Waals surface area contributed by atoms with Crippen LogP contribution in [0.15, 0.2) is 30.3 Å². The minimum Gasteiger partial charge on any atom is -0.310 e. The molecule has 5 heteroatoms. The molecule has 0 fully saturated rings. The molecule has 2 aromatic rings. The molecule has 1 N–H and O–H groups in total. The quantitative estimate of drug-likeness (QED) is 0.739. The summed E-state index contributed by atoms with van der Waals surface area (Å²) in [5.74, 6) is -0.187. The highest BCUT2D eigenvalue weighted by Crippen LogP contribution is 2.36. The molecule has 1 aromatic heterocycles. The van der Waals surface area contributed by atoms with Crippen LogP contribution in [-0.2, 0) is 6.42 Å². The van der Waals surface area contributed by atoms with Crippen LogP contribution in [0.3, 0.4) is 0 Å². The van der Waals surface area contributed by atoms with Gasteiger partial charge in [0.25, 0.3) is 0 Å². The molecular formula is C15H16Cl2FNS. The Bertz CT molecular complexity index is 571. The standard InChI is InChI=1S/C15H16Cl2FNS/c1-2-7-19-13(11-9-14(16)20-15(11)17)8-10-5-3-4-6-12(10)18/h3-6,9,13,19H,2,7-8H2,1H3. The summed E-state index contributed by atoms with van der Waals surface area (Å²) in [5.41, 5.74) is 1.62. The molecule has 0 saturated carbocycles. The van der Waals surface area contributed by atoms with E-state index in [2.05, 4.69) is 12.2 Å². The van der Waals surface area contributed by atoms with Gasteiger partial charge in [0.2, 0.25) is 0 Å². The Morgan fingerprint density at radius 2 is 2.05 bits per heavy atom. The molecule has 0 aliphatic carbocycles. The van der Waals surface area contributed by atoms with Gasteiger partial charge >= 0.3 is 0 Å². The van der Waals surface area contributed by atoms with E-state index < -0.39 is 0 Å². The minimum absolute atomic E-state index is 0.0249. The molecule has 1 unspecified atom stereocenters. The first-order chi connectivity index (χ1) is 9.61. The zero-order valence-electron chi connectivity index (χ0n) is 11.1. The van der Waals surface area contributed by atoms with Crippen LogP contribution in [-0.4, -0.2) is 6.54 Å². The Balaban J connectivity index is 2.24. The summed E-state index contributed by atoms with van der Waals surface area (Å²) in [5, 5.41) is 3.41. The van der Waals surface area contributed by atoms with Crippen molar-refractivity contribution in [1.82, 2.24) is 5.32 Å². The lowest BCUT2D eigenvalue weighted by molar-refractivity contribution is 0.514. The maximum atomic E-state index is 13.8. The first kappa shape index (κ1) is 15.8. The molecule has 0 amide bonds. The highest BCUT2D eigenvalue weighted by molar-refractivity contribution is 7.20. The fourth-order valence-corrected chi connectivity index (χ4v) is 3.66. The normalized spacial score (nSPS) is 12.6. The van der Waals surface area contributed by atoms with E-state index in [0.717, 1.165) is 18.5 Å². The molecular weight excluding hydrogens is 316 g/mol. The van der Waals surface area contributed by atoms with Crippen molar-refractivity contribution in [2.45, 2.75) is 25.8 Å². The smallest absolute Gasteiger partial charge is 0.126 e. The van der Waals surface area contributed by atoms with E-state index in [1.165, 1.54) is 17.4 Å². The van der Waals surface area contributed by atoms with Gasteiger partial charge in [-0.15, -0.1) is 11.3 Å². The van der Waals surface area contributed by atoms with Crippen molar-refractivity contribution >= 4 is 34.5 Å². The third kappa shape index (κ3) is 3.95. The molecule has 2 rings (SSSR count). The van der Waals surface area contributed by atoms with Gasteiger partial charge in [0.05, 0.1) is 8.67 Å². The van der Waals surface area contributed by atoms with E-state index in [9.17, 15) is 4.39 Å². The molecule has 108 valence electrons. The Labute approximate surface area is 132 Å². The highest BCUT2D eigenvalue weighted by atomic mass is 35.5. The van der Waals surface area contributed by atoms with Crippen LogP contribution in [0.25, 0.3) is 0 Å². The van der Waals surface area contributed by atoms with E-state index in [4.69, 9.17) is 23.2 Å². The van der Waals surface area contributed by atoms with E-state index in [0.29, 0.717) is 20.7 Å². The Morgan fingerprint density at radius 3 is 2.65 bits per heavy atom. The van der Waals surface area contributed by atoms with Crippen molar-refractivity contribution in [3.05, 3.63) is 55.9 Å². The van der Waals surface area contributed by atoms with Crippen LogP contribution in [0, 0.1) is 5.82 Å². The number of halogens is 3. The second-order valence-electron chi connectivity index (χ2n) is 4.58. The third-order valence-corrected chi connectivity index (χ3v) is 4.60. The maximum absolute atomic E-state index is 13.8. The summed E-state index contributed by atoms with van der Waals surface area (Å²) in [6.07, 6.45) is 1.56. The number of benzene rings is 1. The molecule has 0 aliphatic heterocycles. The molecule has 1 aromatic carbocycles. The second-order valence-corrected chi connectivity index (χ2v) is 6.87. The van der Waals surface area contributed by atoms with E-state index in [-0.39, 0.29) is 11.9 Å². The summed E-state index contributed by atoms with van der Waals surface area (Å²) in [6, 6.07) is 8.66. The van der Waals surface area contributed by atoms with Crippen LogP contribution in [0.1, 0.15) is 30.5 Å². The van der Waals surface area contributed by atoms with Gasteiger partial charge in [-0.2, -0.15) is 0 Å². The van der Waals surface area contributed by atoms with Crippen molar-refractivity contribution in [3.63, 3.8) is 0 Å². The van der Waals surface area contributed by atoms with Crippen LogP contribution in [0.4, 0.5) is 4.39 Å². The summed E-state index contributed by atoms with van der Waals surface area (Å²) >= 11 is 13.6. The predicted octanol–water partition coefficient (Wildman–Crippen LogP) is 5.48. The summed E-state index contributed by atoms with van der Waals surface area (Å²) < 4.78 is 15.1. The average Bonchev–Trinajstić information content (AvgIpc) is 2.75. The second kappa shape index (κ2) is 7.41. The first-order valence-electron chi connectivity index (χ1n) is 6.53. The van der Waals surface area contributed by atoms with Gasteiger partial charge in [-0.05, 0) is 37.1 Å². The third-order valence-electron chi connectivity index (χ3n) is 3.08. The summed E-state index contributed by atoms with van der Waals surface area (Å²) in [6.45, 7) is 2.94. The van der Waals surface area contributed by atoms with Crippen LogP contribution >= 0.6 is 34.5 Å². The number of hydrogen-bond donors (Lipinski definition) is 1. The molecule has 1 nitrogen and oxygen atoms in total. The number of nitrogens with one attached hydrogen (secondary N) is 1. The summed E-state index contributed by atoms with van der Waals surface area (Å²) in [4.78, 5) is 0. The Hall–Kier alpha value is -0.610. The lowest BCUT2D eigenvalue weighted by Gasteiger charge is -2.18. The Morgan fingerprint density at radius 1 is 1.30 bits per heavy atom. The highest BCUT2D eigenvalue weighted by Gasteiger charge is 2.18. The van der Waals surface area contributed by atoms with Crippen LogP contribution in [0.2, 0.25) is 8.67 Å². The zero-order valence-corrected chi connectivity index (χ0v) is 13.5. The number of thiophene rings is 1. The fraction of sp³-hybridized carbons (Fsp3) is 0.333. The van der Waals surface area contributed by atoms with Crippen molar-refractivity contribution in [3.8, 4) is 0 Å². The molecule has 0 saturated heterocycles. The first-order valence-corrected chi connectivity index (χ1v) is 8.10. The molecule has 0 spiro atoms. The van der Waals surface area contributed by atoms with Gasteiger partial charge in [-0.1, -0.05) is 48.3 Å². The van der Waals surface area contributed by atoms with Gasteiger partial charge in [-0.25, -0.2) is 4.39 Å². The SMILES string of the molecule is CCCNC(Cc1ccccc1F)c1cc(Cl)sc1Cl.